The summed E-state index contributed by atoms with van der Waals surface area (Å²) in [7, 11) is 0. The summed E-state index contributed by atoms with van der Waals surface area (Å²) in [6, 6.07) is 5.73. The van der Waals surface area contributed by atoms with Gasteiger partial charge in [-0.3, -0.25) is 0 Å². The summed E-state index contributed by atoms with van der Waals surface area (Å²) in [4.78, 5) is 11.4. The van der Waals surface area contributed by atoms with Crippen molar-refractivity contribution in [3.05, 3.63) is 29.3 Å². The molecule has 5 rings (SSSR count). The van der Waals surface area contributed by atoms with E-state index < -0.39 is 36.7 Å². The normalized spacial score (nSPS) is 45.6. The number of fused-ring (bicyclic) bond motifs is 5. The monoisotopic (exact) mass is 448 g/mol. The number of carboxylic acids is 1. The van der Waals surface area contributed by atoms with E-state index in [1.165, 1.54) is 11.1 Å². The van der Waals surface area contributed by atoms with Crippen molar-refractivity contribution >= 4 is 5.97 Å². The molecule has 5 N–H and O–H groups in total. The topological polar surface area (TPSA) is 137 Å². The quantitative estimate of drug-likeness (QED) is 0.470. The number of carboxylic acid groups (broad SMARTS) is 1. The molecule has 4 aliphatic rings. The molecule has 1 saturated heterocycles. The maximum Gasteiger partial charge on any atom is 0.335 e. The van der Waals surface area contributed by atoms with Crippen molar-refractivity contribution in [2.75, 3.05) is 0 Å². The molecule has 176 valence electrons. The van der Waals surface area contributed by atoms with Gasteiger partial charge in [0.15, 0.2) is 12.4 Å². The van der Waals surface area contributed by atoms with Crippen LogP contribution in [0, 0.1) is 17.3 Å². The fourth-order valence-corrected chi connectivity index (χ4v) is 7.07. The summed E-state index contributed by atoms with van der Waals surface area (Å²) in [6.45, 7) is 2.22. The van der Waals surface area contributed by atoms with Crippen LogP contribution in [0.1, 0.15) is 56.1 Å². The minimum Gasteiger partial charge on any atom is -0.508 e. The molecular formula is C24H32O8. The fraction of sp³-hybridized carbons (Fsp3) is 0.708. The van der Waals surface area contributed by atoms with Gasteiger partial charge in [-0.1, -0.05) is 13.0 Å². The molecule has 8 heteroatoms. The Labute approximate surface area is 186 Å². The highest BCUT2D eigenvalue weighted by Gasteiger charge is 2.57. The van der Waals surface area contributed by atoms with Gasteiger partial charge in [0.25, 0.3) is 0 Å². The van der Waals surface area contributed by atoms with Gasteiger partial charge in [0, 0.05) is 0 Å². The Morgan fingerprint density at radius 2 is 1.88 bits per heavy atom. The Bertz CT molecular complexity index is 889. The lowest BCUT2D eigenvalue weighted by molar-refractivity contribution is -0.312. The highest BCUT2D eigenvalue weighted by molar-refractivity contribution is 5.73. The number of phenolic OH excluding ortho intramolecular Hbond substituents is 1. The van der Waals surface area contributed by atoms with Gasteiger partial charge < -0.3 is 35.0 Å². The van der Waals surface area contributed by atoms with Crippen LogP contribution in [0.4, 0.5) is 0 Å². The number of ether oxygens (including phenoxy) is 2. The van der Waals surface area contributed by atoms with Crippen LogP contribution in [0.15, 0.2) is 18.2 Å². The minimum atomic E-state index is -1.72. The predicted molar refractivity (Wildman–Crippen MR) is 112 cm³/mol. The van der Waals surface area contributed by atoms with E-state index in [9.17, 15) is 30.3 Å². The molecule has 0 bridgehead atoms. The van der Waals surface area contributed by atoms with E-state index in [2.05, 4.69) is 13.0 Å². The molecule has 8 nitrogen and oxygen atoms in total. The number of benzene rings is 1. The lowest BCUT2D eigenvalue weighted by Crippen LogP contribution is -2.61. The molecule has 0 aromatic heterocycles. The number of hydrogen-bond donors (Lipinski definition) is 5. The second-order valence-corrected chi connectivity index (χ2v) is 10.3. The first kappa shape index (κ1) is 22.1. The van der Waals surface area contributed by atoms with Crippen molar-refractivity contribution in [1.29, 1.82) is 0 Å². The van der Waals surface area contributed by atoms with E-state index >= 15 is 0 Å². The third-order valence-corrected chi connectivity index (χ3v) is 8.73. The highest BCUT2D eigenvalue weighted by atomic mass is 16.7. The second-order valence-electron chi connectivity index (χ2n) is 10.3. The van der Waals surface area contributed by atoms with E-state index in [-0.39, 0.29) is 11.5 Å². The second kappa shape index (κ2) is 7.95. The molecule has 0 spiro atoms. The molecule has 3 fully saturated rings. The van der Waals surface area contributed by atoms with Gasteiger partial charge in [-0.25, -0.2) is 4.79 Å². The zero-order chi connectivity index (χ0) is 22.8. The van der Waals surface area contributed by atoms with Crippen LogP contribution in [0.25, 0.3) is 0 Å². The summed E-state index contributed by atoms with van der Waals surface area (Å²) in [5.74, 6) is 0.312. The molecule has 2 saturated carbocycles. The molecule has 0 radical (unpaired) electrons. The zero-order valence-corrected chi connectivity index (χ0v) is 18.1. The Morgan fingerprint density at radius 3 is 2.62 bits per heavy atom. The highest BCUT2D eigenvalue weighted by Crippen LogP contribution is 2.61. The lowest BCUT2D eigenvalue weighted by Gasteiger charge is -2.51. The minimum absolute atomic E-state index is 0.140. The molecule has 1 aromatic rings. The van der Waals surface area contributed by atoms with Gasteiger partial charge in [-0.2, -0.15) is 0 Å². The molecular weight excluding hydrogens is 416 g/mol. The molecule has 1 aromatic carbocycles. The van der Waals surface area contributed by atoms with Gasteiger partial charge in [0.2, 0.25) is 0 Å². The molecule has 10 atom stereocenters. The average molecular weight is 449 g/mol. The van der Waals surface area contributed by atoms with Gasteiger partial charge >= 0.3 is 5.97 Å². The molecule has 0 unspecified atom stereocenters. The van der Waals surface area contributed by atoms with Crippen molar-refractivity contribution in [3.63, 3.8) is 0 Å². The number of aromatic hydroxyl groups is 1. The number of aliphatic hydroxyl groups is 3. The SMILES string of the molecule is C[C@@]12CC[C@@H]3c4ccc(O)cc4CC[C@H]3[C@H]1CC[C@H]2O[C@H]1O[C@@H](C(=O)O)[C@H](O)[C@@H](O)[C@@H]1O. The van der Waals surface area contributed by atoms with Gasteiger partial charge in [0.05, 0.1) is 6.10 Å². The van der Waals surface area contributed by atoms with Crippen LogP contribution in [0.5, 0.6) is 5.75 Å². The largest absolute Gasteiger partial charge is 0.508 e. The van der Waals surface area contributed by atoms with Crippen molar-refractivity contribution in [2.45, 2.75) is 88.2 Å². The Balaban J connectivity index is 1.34. The average Bonchev–Trinajstić information content (AvgIpc) is 3.09. The standard InChI is InChI=1S/C24H32O8/c1-24-9-8-14-13-5-3-12(25)10-11(13)2-4-15(14)16(24)6-7-17(24)31-23-20(28)18(26)19(27)21(32-23)22(29)30/h3,5,10,14-21,23,25-28H,2,4,6-9H2,1H3,(H,29,30)/t14-,15-,16-,17-,18-,19-,20+,21-,23+,24-/m1/s1. The van der Waals surface area contributed by atoms with Gasteiger partial charge in [0.1, 0.15) is 24.1 Å². The molecule has 3 aliphatic carbocycles. The summed E-state index contributed by atoms with van der Waals surface area (Å²) in [6.07, 6.45) is -2.38. The number of hydrogen-bond acceptors (Lipinski definition) is 7. The first-order chi connectivity index (χ1) is 15.2. The Kier molecular flexibility index (Phi) is 5.49. The van der Waals surface area contributed by atoms with E-state index in [0.717, 1.165) is 38.5 Å². The number of phenols is 1. The third-order valence-electron chi connectivity index (χ3n) is 8.73. The first-order valence-electron chi connectivity index (χ1n) is 11.6. The number of rotatable bonds is 3. The van der Waals surface area contributed by atoms with Crippen molar-refractivity contribution in [1.82, 2.24) is 0 Å². The molecule has 1 heterocycles. The number of aliphatic hydroxyl groups excluding tert-OH is 3. The fourth-order valence-electron chi connectivity index (χ4n) is 7.07. The van der Waals surface area contributed by atoms with Crippen LogP contribution < -0.4 is 0 Å². The maximum absolute atomic E-state index is 11.4. The van der Waals surface area contributed by atoms with Crippen molar-refractivity contribution in [2.24, 2.45) is 17.3 Å². The van der Waals surface area contributed by atoms with Crippen LogP contribution >= 0.6 is 0 Å². The van der Waals surface area contributed by atoms with Gasteiger partial charge in [-0.15, -0.1) is 0 Å². The smallest absolute Gasteiger partial charge is 0.335 e. The molecule has 0 amide bonds. The van der Waals surface area contributed by atoms with E-state index in [4.69, 9.17) is 9.47 Å². The molecule has 32 heavy (non-hydrogen) atoms. The summed E-state index contributed by atoms with van der Waals surface area (Å²) in [5, 5.41) is 49.6. The lowest BCUT2D eigenvalue weighted by atomic mass is 9.55. The number of aliphatic carboxylic acids is 1. The van der Waals surface area contributed by atoms with E-state index in [1.54, 1.807) is 6.07 Å². The Morgan fingerprint density at radius 1 is 1.09 bits per heavy atom. The third kappa shape index (κ3) is 3.35. The first-order valence-corrected chi connectivity index (χ1v) is 11.6. The van der Waals surface area contributed by atoms with Crippen molar-refractivity contribution < 1.29 is 39.8 Å². The van der Waals surface area contributed by atoms with Crippen LogP contribution in [0.3, 0.4) is 0 Å². The summed E-state index contributed by atoms with van der Waals surface area (Å²) < 4.78 is 11.5. The number of aryl methyl sites for hydroxylation is 1. The predicted octanol–water partition coefficient (Wildman–Crippen LogP) is 1.53. The van der Waals surface area contributed by atoms with E-state index in [0.29, 0.717) is 23.5 Å². The van der Waals surface area contributed by atoms with Crippen LogP contribution in [-0.4, -0.2) is 68.3 Å². The van der Waals surface area contributed by atoms with Crippen LogP contribution in [-0.2, 0) is 20.7 Å². The Hall–Kier alpha value is -1.71. The van der Waals surface area contributed by atoms with Crippen molar-refractivity contribution in [3.8, 4) is 5.75 Å². The number of carbonyl (C=O) groups is 1. The summed E-state index contributed by atoms with van der Waals surface area (Å²) in [5.41, 5.74) is 2.45. The zero-order valence-electron chi connectivity index (χ0n) is 18.1. The maximum atomic E-state index is 11.4. The van der Waals surface area contributed by atoms with E-state index in [1.807, 2.05) is 6.07 Å². The molecule has 1 aliphatic heterocycles. The van der Waals surface area contributed by atoms with Gasteiger partial charge in [-0.05, 0) is 85.0 Å². The summed E-state index contributed by atoms with van der Waals surface area (Å²) >= 11 is 0. The van der Waals surface area contributed by atoms with Crippen LogP contribution in [0.2, 0.25) is 0 Å².